The first-order valence-electron chi connectivity index (χ1n) is 4.20. The first-order valence-corrected chi connectivity index (χ1v) is 4.20. The van der Waals surface area contributed by atoms with Gasteiger partial charge in [-0.3, -0.25) is 10.1 Å². The third-order valence-electron chi connectivity index (χ3n) is 1.90. The fourth-order valence-corrected chi connectivity index (χ4v) is 1.08. The van der Waals surface area contributed by atoms with E-state index in [1.54, 1.807) is 13.2 Å². The van der Waals surface area contributed by atoms with Crippen molar-refractivity contribution in [2.75, 3.05) is 0 Å². The van der Waals surface area contributed by atoms with E-state index in [-0.39, 0.29) is 18.0 Å². The summed E-state index contributed by atoms with van der Waals surface area (Å²) >= 11 is 0. The van der Waals surface area contributed by atoms with Gasteiger partial charge in [-0.15, -0.1) is 0 Å². The number of carbonyl (C=O) groups excluding carboxylic acids is 1. The molecule has 1 aromatic heterocycles. The second-order valence-corrected chi connectivity index (χ2v) is 3.03. The van der Waals surface area contributed by atoms with Crippen molar-refractivity contribution in [3.8, 4) is 0 Å². The summed E-state index contributed by atoms with van der Waals surface area (Å²) in [7, 11) is 0. The third-order valence-corrected chi connectivity index (χ3v) is 1.90. The molecular formula is C9H14N2O2. The molecule has 0 saturated heterocycles. The molecule has 0 spiro atoms. The van der Waals surface area contributed by atoms with Gasteiger partial charge in [0.1, 0.15) is 5.76 Å². The number of nitrogens with one attached hydrogen (secondary N) is 1. The molecule has 2 unspecified atom stereocenters. The van der Waals surface area contributed by atoms with Gasteiger partial charge >= 0.3 is 0 Å². The number of hydrogen-bond donors (Lipinski definition) is 2. The minimum atomic E-state index is -0.363. The monoisotopic (exact) mass is 182 g/mol. The molecule has 1 amide bonds. The van der Waals surface area contributed by atoms with E-state index in [1.165, 1.54) is 0 Å². The second kappa shape index (κ2) is 4.09. The molecule has 2 atom stereocenters. The molecule has 1 aromatic rings. The van der Waals surface area contributed by atoms with Crippen molar-refractivity contribution in [3.05, 3.63) is 24.2 Å². The van der Waals surface area contributed by atoms with Gasteiger partial charge < -0.3 is 10.2 Å². The van der Waals surface area contributed by atoms with Crippen molar-refractivity contribution in [1.82, 2.24) is 5.32 Å². The molecule has 1 heterocycles. The predicted octanol–water partition coefficient (Wildman–Crippen LogP) is 0.804. The molecule has 1 rings (SSSR count). The zero-order valence-corrected chi connectivity index (χ0v) is 7.78. The average Bonchev–Trinajstić information content (AvgIpc) is 2.55. The van der Waals surface area contributed by atoms with Gasteiger partial charge in [-0.2, -0.15) is 0 Å². The Morgan fingerprint density at radius 3 is 2.77 bits per heavy atom. The second-order valence-electron chi connectivity index (χ2n) is 3.03. The lowest BCUT2D eigenvalue weighted by molar-refractivity contribution is -0.119. The van der Waals surface area contributed by atoms with E-state index in [2.05, 4.69) is 5.32 Å². The molecule has 0 aliphatic carbocycles. The van der Waals surface area contributed by atoms with Gasteiger partial charge in [-0.05, 0) is 26.0 Å². The number of amides is 1. The average molecular weight is 182 g/mol. The summed E-state index contributed by atoms with van der Waals surface area (Å²) in [6.07, 6.45) is 1.60. The molecular weight excluding hydrogens is 168 g/mol. The minimum Gasteiger partial charge on any atom is -0.468 e. The van der Waals surface area contributed by atoms with Crippen LogP contribution in [0.4, 0.5) is 0 Å². The van der Waals surface area contributed by atoms with Gasteiger partial charge in [0, 0.05) is 0 Å². The maximum Gasteiger partial charge on any atom is 0.234 e. The molecule has 0 bridgehead atoms. The fraction of sp³-hybridized carbons (Fsp3) is 0.444. The largest absolute Gasteiger partial charge is 0.468 e. The van der Waals surface area contributed by atoms with Gasteiger partial charge in [0.15, 0.2) is 0 Å². The van der Waals surface area contributed by atoms with Crippen molar-refractivity contribution in [2.45, 2.75) is 25.9 Å². The number of primary amides is 1. The van der Waals surface area contributed by atoms with Crippen LogP contribution >= 0.6 is 0 Å². The summed E-state index contributed by atoms with van der Waals surface area (Å²) in [4.78, 5) is 10.7. The van der Waals surface area contributed by atoms with Crippen LogP contribution in [0, 0.1) is 0 Å². The lowest BCUT2D eigenvalue weighted by Crippen LogP contribution is -2.39. The van der Waals surface area contributed by atoms with E-state index in [0.29, 0.717) is 0 Å². The standard InChI is InChI=1S/C9H14N2O2/c1-6(8-4-3-5-13-8)11-7(2)9(10)12/h3-7,11H,1-2H3,(H2,10,12). The van der Waals surface area contributed by atoms with Crippen LogP contribution in [0.2, 0.25) is 0 Å². The Morgan fingerprint density at radius 2 is 2.31 bits per heavy atom. The van der Waals surface area contributed by atoms with E-state index >= 15 is 0 Å². The zero-order valence-electron chi connectivity index (χ0n) is 7.78. The van der Waals surface area contributed by atoms with Gasteiger partial charge in [-0.25, -0.2) is 0 Å². The van der Waals surface area contributed by atoms with Crippen molar-refractivity contribution in [2.24, 2.45) is 5.73 Å². The van der Waals surface area contributed by atoms with Crippen LogP contribution < -0.4 is 11.1 Å². The van der Waals surface area contributed by atoms with E-state index in [9.17, 15) is 4.79 Å². The summed E-state index contributed by atoms with van der Waals surface area (Å²) < 4.78 is 5.16. The molecule has 0 aliphatic heterocycles. The maximum absolute atomic E-state index is 10.7. The summed E-state index contributed by atoms with van der Waals surface area (Å²) in [5, 5.41) is 3.01. The number of nitrogens with two attached hydrogens (primary N) is 1. The molecule has 0 aliphatic rings. The molecule has 3 N–H and O–H groups in total. The molecule has 4 nitrogen and oxygen atoms in total. The highest BCUT2D eigenvalue weighted by Gasteiger charge is 2.14. The predicted molar refractivity (Wildman–Crippen MR) is 48.9 cm³/mol. The Kier molecular flexibility index (Phi) is 3.08. The number of rotatable bonds is 4. The fourth-order valence-electron chi connectivity index (χ4n) is 1.08. The highest BCUT2D eigenvalue weighted by atomic mass is 16.3. The van der Waals surface area contributed by atoms with Crippen molar-refractivity contribution in [3.63, 3.8) is 0 Å². The number of furan rings is 1. The summed E-state index contributed by atoms with van der Waals surface area (Å²) in [6.45, 7) is 3.64. The minimum absolute atomic E-state index is 0.00231. The van der Waals surface area contributed by atoms with E-state index in [1.807, 2.05) is 19.1 Å². The molecule has 0 radical (unpaired) electrons. The molecule has 0 aromatic carbocycles. The SMILES string of the molecule is CC(NC(C)c1ccco1)C(N)=O. The molecule has 13 heavy (non-hydrogen) atoms. The van der Waals surface area contributed by atoms with Gasteiger partial charge in [-0.1, -0.05) is 0 Å². The topological polar surface area (TPSA) is 68.3 Å². The molecule has 72 valence electrons. The Labute approximate surface area is 77.1 Å². The van der Waals surface area contributed by atoms with E-state index < -0.39 is 0 Å². The number of hydrogen-bond acceptors (Lipinski definition) is 3. The maximum atomic E-state index is 10.7. The molecule has 0 saturated carbocycles. The lowest BCUT2D eigenvalue weighted by atomic mass is 10.2. The van der Waals surface area contributed by atoms with Crippen LogP contribution in [-0.2, 0) is 4.79 Å². The van der Waals surface area contributed by atoms with Gasteiger partial charge in [0.2, 0.25) is 5.91 Å². The van der Waals surface area contributed by atoms with Crippen LogP contribution in [-0.4, -0.2) is 11.9 Å². The smallest absolute Gasteiger partial charge is 0.234 e. The Morgan fingerprint density at radius 1 is 1.62 bits per heavy atom. The Bertz CT molecular complexity index is 269. The molecule has 4 heteroatoms. The Hall–Kier alpha value is -1.29. The normalized spacial score (nSPS) is 15.2. The third kappa shape index (κ3) is 2.59. The van der Waals surface area contributed by atoms with Crippen LogP contribution in [0.25, 0.3) is 0 Å². The summed E-state index contributed by atoms with van der Waals surface area (Å²) in [6, 6.07) is 3.31. The quantitative estimate of drug-likeness (QED) is 0.723. The van der Waals surface area contributed by atoms with Crippen LogP contribution in [0.3, 0.4) is 0 Å². The van der Waals surface area contributed by atoms with Crippen molar-refractivity contribution in [1.29, 1.82) is 0 Å². The highest BCUT2D eigenvalue weighted by molar-refractivity contribution is 5.79. The summed E-state index contributed by atoms with van der Waals surface area (Å²) in [5.41, 5.74) is 5.11. The first-order chi connectivity index (χ1) is 6.11. The molecule has 0 fully saturated rings. The van der Waals surface area contributed by atoms with Gasteiger partial charge in [0.05, 0.1) is 18.3 Å². The van der Waals surface area contributed by atoms with Crippen LogP contribution in [0.1, 0.15) is 25.6 Å². The van der Waals surface area contributed by atoms with Crippen LogP contribution in [0.5, 0.6) is 0 Å². The van der Waals surface area contributed by atoms with Crippen molar-refractivity contribution >= 4 is 5.91 Å². The van der Waals surface area contributed by atoms with Gasteiger partial charge in [0.25, 0.3) is 0 Å². The lowest BCUT2D eigenvalue weighted by Gasteiger charge is -2.15. The van der Waals surface area contributed by atoms with E-state index in [0.717, 1.165) is 5.76 Å². The zero-order chi connectivity index (χ0) is 9.84. The van der Waals surface area contributed by atoms with E-state index in [4.69, 9.17) is 10.2 Å². The van der Waals surface area contributed by atoms with Crippen molar-refractivity contribution < 1.29 is 9.21 Å². The first kappa shape index (κ1) is 9.80. The van der Waals surface area contributed by atoms with Crippen LogP contribution in [0.15, 0.2) is 22.8 Å². The summed E-state index contributed by atoms with van der Waals surface area (Å²) in [5.74, 6) is 0.437. The highest BCUT2D eigenvalue weighted by Crippen LogP contribution is 2.12. The Balaban J connectivity index is 2.51. The number of carbonyl (C=O) groups is 1.